The number of Topliss-reactive ketones (excluding diaryl/α,β-unsaturated/α-hetero) is 1. The Kier molecular flexibility index (Phi) is 5.26. The Morgan fingerprint density at radius 2 is 1.85 bits per heavy atom. The Hall–Kier alpha value is -3.85. The van der Waals surface area contributed by atoms with Crippen molar-refractivity contribution in [3.63, 3.8) is 0 Å². The van der Waals surface area contributed by atoms with E-state index >= 15 is 0 Å². The van der Waals surface area contributed by atoms with E-state index in [4.69, 9.17) is 14.2 Å². The van der Waals surface area contributed by atoms with Crippen LogP contribution in [0.15, 0.2) is 71.0 Å². The van der Waals surface area contributed by atoms with Gasteiger partial charge in [-0.3, -0.25) is 19.5 Å². The molecule has 3 aromatic rings. The molecule has 5 rings (SSSR count). The number of aromatic nitrogens is 1. The van der Waals surface area contributed by atoms with Crippen molar-refractivity contribution in [2.75, 3.05) is 18.8 Å². The van der Waals surface area contributed by atoms with Crippen molar-refractivity contribution in [2.45, 2.75) is 6.04 Å². The highest BCUT2D eigenvalue weighted by molar-refractivity contribution is 9.10. The minimum atomic E-state index is -0.866. The standard InChI is InChI=1S/C24H17BrN2O6/c1-31-17-4-2-14(10-16(17)25)22(28)20-21(13-6-8-26-9-7-13)27(24(30)23(20)29)15-3-5-18-19(11-15)33-12-32-18/h2-11,21,28H,12H2,1H3/b22-20+. The van der Waals surface area contributed by atoms with E-state index in [0.717, 1.165) is 0 Å². The van der Waals surface area contributed by atoms with E-state index in [1.54, 1.807) is 60.9 Å². The topological polar surface area (TPSA) is 98.2 Å². The van der Waals surface area contributed by atoms with Gasteiger partial charge in [-0.2, -0.15) is 0 Å². The molecular weight excluding hydrogens is 492 g/mol. The molecule has 33 heavy (non-hydrogen) atoms. The zero-order valence-electron chi connectivity index (χ0n) is 17.3. The minimum absolute atomic E-state index is 0.0269. The molecule has 0 saturated carbocycles. The van der Waals surface area contributed by atoms with Crippen molar-refractivity contribution in [1.29, 1.82) is 0 Å². The van der Waals surface area contributed by atoms with Crippen LogP contribution in [0.2, 0.25) is 0 Å². The molecule has 166 valence electrons. The molecule has 0 bridgehead atoms. The molecule has 9 heteroatoms. The van der Waals surface area contributed by atoms with Crippen molar-refractivity contribution in [1.82, 2.24) is 4.98 Å². The highest BCUT2D eigenvalue weighted by Gasteiger charge is 2.47. The van der Waals surface area contributed by atoms with Crippen molar-refractivity contribution in [3.8, 4) is 17.2 Å². The predicted octanol–water partition coefficient (Wildman–Crippen LogP) is 4.21. The number of aliphatic hydroxyl groups is 1. The first-order chi connectivity index (χ1) is 16.0. The first-order valence-corrected chi connectivity index (χ1v) is 10.7. The number of pyridine rings is 1. The lowest BCUT2D eigenvalue weighted by molar-refractivity contribution is -0.132. The van der Waals surface area contributed by atoms with Gasteiger partial charge in [-0.25, -0.2) is 0 Å². The average Bonchev–Trinajstić information content (AvgIpc) is 3.41. The maximum Gasteiger partial charge on any atom is 0.300 e. The number of hydrogen-bond acceptors (Lipinski definition) is 7. The van der Waals surface area contributed by atoms with Gasteiger partial charge in [-0.05, 0) is 64.0 Å². The molecule has 1 fully saturated rings. The van der Waals surface area contributed by atoms with Crippen molar-refractivity contribution < 1.29 is 28.9 Å². The van der Waals surface area contributed by atoms with E-state index in [0.29, 0.717) is 38.5 Å². The van der Waals surface area contributed by atoms with Crippen LogP contribution in [-0.4, -0.2) is 35.7 Å². The van der Waals surface area contributed by atoms with E-state index in [1.165, 1.54) is 12.0 Å². The third kappa shape index (κ3) is 3.50. The van der Waals surface area contributed by atoms with Gasteiger partial charge in [-0.1, -0.05) is 0 Å². The average molecular weight is 509 g/mol. The smallest absolute Gasteiger partial charge is 0.300 e. The summed E-state index contributed by atoms with van der Waals surface area (Å²) in [6.07, 6.45) is 3.14. The first-order valence-electron chi connectivity index (χ1n) is 9.94. The minimum Gasteiger partial charge on any atom is -0.507 e. The summed E-state index contributed by atoms with van der Waals surface area (Å²) in [6.45, 7) is 0.0811. The maximum absolute atomic E-state index is 13.2. The third-order valence-corrected chi connectivity index (χ3v) is 6.15. The molecule has 0 spiro atoms. The van der Waals surface area contributed by atoms with Gasteiger partial charge in [0.25, 0.3) is 11.7 Å². The Morgan fingerprint density at radius 1 is 1.09 bits per heavy atom. The number of ether oxygens (including phenoxy) is 3. The Bertz CT molecular complexity index is 1310. The third-order valence-electron chi connectivity index (χ3n) is 5.53. The molecule has 1 atom stereocenters. The molecule has 2 aromatic carbocycles. The van der Waals surface area contributed by atoms with Gasteiger partial charge >= 0.3 is 0 Å². The first kappa shape index (κ1) is 21.0. The molecular formula is C24H17BrN2O6. The highest BCUT2D eigenvalue weighted by Crippen LogP contribution is 2.45. The van der Waals surface area contributed by atoms with Crippen LogP contribution >= 0.6 is 15.9 Å². The molecule has 0 aliphatic carbocycles. The maximum atomic E-state index is 13.2. The van der Waals surface area contributed by atoms with Crippen LogP contribution in [0.1, 0.15) is 17.2 Å². The largest absolute Gasteiger partial charge is 0.507 e. The van der Waals surface area contributed by atoms with Gasteiger partial charge in [0.2, 0.25) is 6.79 Å². The number of amides is 1. The summed E-state index contributed by atoms with van der Waals surface area (Å²) in [7, 11) is 1.53. The van der Waals surface area contributed by atoms with Gasteiger partial charge in [0.05, 0.1) is 23.2 Å². The summed E-state index contributed by atoms with van der Waals surface area (Å²) in [5.74, 6) is -0.246. The van der Waals surface area contributed by atoms with Gasteiger partial charge in [-0.15, -0.1) is 0 Å². The predicted molar refractivity (Wildman–Crippen MR) is 122 cm³/mol. The Balaban J connectivity index is 1.69. The molecule has 1 N–H and O–H groups in total. The van der Waals surface area contributed by atoms with Crippen molar-refractivity contribution in [3.05, 3.63) is 82.1 Å². The lowest BCUT2D eigenvalue weighted by Crippen LogP contribution is -2.29. The zero-order valence-corrected chi connectivity index (χ0v) is 18.9. The van der Waals surface area contributed by atoms with Gasteiger partial charge < -0.3 is 19.3 Å². The van der Waals surface area contributed by atoms with Gasteiger partial charge in [0.15, 0.2) is 11.5 Å². The summed E-state index contributed by atoms with van der Waals surface area (Å²) in [4.78, 5) is 31.8. The summed E-state index contributed by atoms with van der Waals surface area (Å²) in [6, 6.07) is 12.5. The van der Waals surface area contributed by atoms with Crippen LogP contribution in [-0.2, 0) is 9.59 Å². The summed E-state index contributed by atoms with van der Waals surface area (Å²) >= 11 is 3.39. The number of anilines is 1. The number of ketones is 1. The summed E-state index contributed by atoms with van der Waals surface area (Å²) in [5.41, 5.74) is 1.40. The van der Waals surface area contributed by atoms with Crippen LogP contribution in [0.25, 0.3) is 5.76 Å². The summed E-state index contributed by atoms with van der Waals surface area (Å²) in [5, 5.41) is 11.2. The van der Waals surface area contributed by atoms with Crippen molar-refractivity contribution >= 4 is 39.1 Å². The molecule has 3 heterocycles. The lowest BCUT2D eigenvalue weighted by atomic mass is 9.95. The second kappa shape index (κ2) is 8.25. The molecule has 2 aliphatic heterocycles. The van der Waals surface area contributed by atoms with E-state index in [9.17, 15) is 14.7 Å². The molecule has 1 amide bonds. The molecule has 0 radical (unpaired) electrons. The quantitative estimate of drug-likeness (QED) is 0.320. The van der Waals surface area contributed by atoms with Crippen LogP contribution < -0.4 is 19.1 Å². The van der Waals surface area contributed by atoms with Gasteiger partial charge in [0.1, 0.15) is 11.5 Å². The van der Waals surface area contributed by atoms with Crippen LogP contribution in [0.4, 0.5) is 5.69 Å². The normalized spacial score (nSPS) is 18.6. The van der Waals surface area contributed by atoms with Gasteiger partial charge in [0, 0.05) is 29.7 Å². The fourth-order valence-electron chi connectivity index (χ4n) is 3.96. The van der Waals surface area contributed by atoms with Crippen molar-refractivity contribution in [2.24, 2.45) is 0 Å². The monoisotopic (exact) mass is 508 g/mol. The SMILES string of the molecule is COc1ccc(/C(O)=C2\C(=O)C(=O)N(c3ccc4c(c3)OCO4)C2c2ccncc2)cc1Br. The highest BCUT2D eigenvalue weighted by atomic mass is 79.9. The van der Waals surface area contributed by atoms with Crippen LogP contribution in [0, 0.1) is 0 Å². The Morgan fingerprint density at radius 3 is 2.58 bits per heavy atom. The number of nitrogens with zero attached hydrogens (tertiary/aromatic N) is 2. The molecule has 1 aromatic heterocycles. The number of halogens is 1. The number of aliphatic hydroxyl groups excluding tert-OH is 1. The van der Waals surface area contributed by atoms with E-state index in [-0.39, 0.29) is 18.1 Å². The fourth-order valence-corrected chi connectivity index (χ4v) is 4.50. The molecule has 1 unspecified atom stereocenters. The second-order valence-electron chi connectivity index (χ2n) is 7.34. The van der Waals surface area contributed by atoms with E-state index in [1.807, 2.05) is 0 Å². The van der Waals surface area contributed by atoms with E-state index in [2.05, 4.69) is 20.9 Å². The second-order valence-corrected chi connectivity index (χ2v) is 8.19. The van der Waals surface area contributed by atoms with Crippen LogP contribution in [0.3, 0.4) is 0 Å². The van der Waals surface area contributed by atoms with Crippen LogP contribution in [0.5, 0.6) is 17.2 Å². The number of carbonyl (C=O) groups excluding carboxylic acids is 2. The number of methoxy groups -OCH3 is 1. The zero-order chi connectivity index (χ0) is 23.1. The number of carbonyl (C=O) groups is 2. The number of rotatable bonds is 4. The number of benzene rings is 2. The lowest BCUT2D eigenvalue weighted by Gasteiger charge is -2.25. The van der Waals surface area contributed by atoms with E-state index < -0.39 is 17.7 Å². The fraction of sp³-hybridized carbons (Fsp3) is 0.125. The molecule has 1 saturated heterocycles. The summed E-state index contributed by atoms with van der Waals surface area (Å²) < 4.78 is 16.6. The number of hydrogen-bond donors (Lipinski definition) is 1. The Labute approximate surface area is 197 Å². The number of fused-ring (bicyclic) bond motifs is 1. The molecule has 2 aliphatic rings. The molecule has 8 nitrogen and oxygen atoms in total.